The molecule has 1 amide bonds. The highest BCUT2D eigenvalue weighted by Crippen LogP contribution is 2.19. The van der Waals surface area contributed by atoms with Gasteiger partial charge in [-0.05, 0) is 38.2 Å². The van der Waals surface area contributed by atoms with Crippen molar-refractivity contribution >= 4 is 21.6 Å². The zero-order chi connectivity index (χ0) is 20.2. The molecule has 0 spiro atoms. The number of carbonyl (C=O) groups excluding carboxylic acids is 1. The average molecular weight is 393 g/mol. The molecular weight excluding hydrogens is 369 g/mol. The molecule has 6 nitrogen and oxygen atoms in total. The van der Waals surface area contributed by atoms with Crippen molar-refractivity contribution in [1.29, 1.82) is 0 Å². The van der Waals surface area contributed by atoms with E-state index < -0.39 is 16.1 Å². The van der Waals surface area contributed by atoms with Crippen LogP contribution in [0.15, 0.2) is 53.4 Å². The van der Waals surface area contributed by atoms with E-state index in [2.05, 4.69) is 5.32 Å². The van der Waals surface area contributed by atoms with E-state index in [0.717, 1.165) is 4.31 Å². The van der Waals surface area contributed by atoms with Crippen molar-refractivity contribution in [3.05, 3.63) is 59.9 Å². The molecule has 146 valence electrons. The molecule has 0 fully saturated rings. The van der Waals surface area contributed by atoms with E-state index in [4.69, 9.17) is 0 Å². The molecule has 0 heterocycles. The number of rotatable bonds is 7. The summed E-state index contributed by atoms with van der Waals surface area (Å²) in [6.45, 7) is 1.98. The Labute approximate surface area is 159 Å². The summed E-state index contributed by atoms with van der Waals surface area (Å²) in [5, 5.41) is 2.72. The van der Waals surface area contributed by atoms with Crippen LogP contribution in [0.3, 0.4) is 0 Å². The summed E-state index contributed by atoms with van der Waals surface area (Å²) >= 11 is 0. The number of anilines is 1. The van der Waals surface area contributed by atoms with Crippen molar-refractivity contribution in [3.63, 3.8) is 0 Å². The highest BCUT2D eigenvalue weighted by molar-refractivity contribution is 7.89. The van der Waals surface area contributed by atoms with Gasteiger partial charge in [0.25, 0.3) is 0 Å². The van der Waals surface area contributed by atoms with Crippen molar-refractivity contribution in [2.75, 3.05) is 26.5 Å². The highest BCUT2D eigenvalue weighted by atomic mass is 32.2. The molecule has 27 heavy (non-hydrogen) atoms. The van der Waals surface area contributed by atoms with Crippen LogP contribution in [0, 0.1) is 5.82 Å². The normalized spacial score (nSPS) is 13.0. The van der Waals surface area contributed by atoms with Crippen molar-refractivity contribution in [1.82, 2.24) is 9.21 Å². The van der Waals surface area contributed by atoms with Gasteiger partial charge in [0.15, 0.2) is 0 Å². The van der Waals surface area contributed by atoms with Crippen LogP contribution in [-0.2, 0) is 21.4 Å². The first-order chi connectivity index (χ1) is 12.6. The van der Waals surface area contributed by atoms with E-state index in [1.807, 2.05) is 0 Å². The van der Waals surface area contributed by atoms with Gasteiger partial charge in [0, 0.05) is 31.9 Å². The molecule has 2 aromatic rings. The van der Waals surface area contributed by atoms with Crippen LogP contribution in [0.4, 0.5) is 10.1 Å². The molecule has 2 rings (SSSR count). The molecule has 1 N–H and O–H groups in total. The second-order valence-electron chi connectivity index (χ2n) is 6.49. The molecule has 0 aliphatic rings. The number of nitrogens with one attached hydrogen (secondary N) is 1. The maximum Gasteiger partial charge on any atom is 0.242 e. The van der Waals surface area contributed by atoms with Gasteiger partial charge in [-0.2, -0.15) is 0 Å². The van der Waals surface area contributed by atoms with Gasteiger partial charge >= 0.3 is 0 Å². The number of halogens is 1. The van der Waals surface area contributed by atoms with Crippen molar-refractivity contribution < 1.29 is 17.6 Å². The third-order valence-electron chi connectivity index (χ3n) is 4.30. The lowest BCUT2D eigenvalue weighted by molar-refractivity contribution is -0.120. The van der Waals surface area contributed by atoms with Crippen molar-refractivity contribution in [3.8, 4) is 0 Å². The number of amides is 1. The molecule has 0 aliphatic heterocycles. The predicted octanol–water partition coefficient (Wildman–Crippen LogP) is 2.54. The van der Waals surface area contributed by atoms with Crippen LogP contribution >= 0.6 is 0 Å². The molecule has 8 heteroatoms. The molecular formula is C19H24FN3O3S. The summed E-state index contributed by atoms with van der Waals surface area (Å²) in [4.78, 5) is 14.3. The van der Waals surface area contributed by atoms with Crippen LogP contribution in [0.5, 0.6) is 0 Å². The Hall–Kier alpha value is -2.29. The molecule has 2 aromatic carbocycles. The summed E-state index contributed by atoms with van der Waals surface area (Å²) in [5.41, 5.74) is 0.882. The number of nitrogens with zero attached hydrogens (tertiary/aromatic N) is 2. The SMILES string of the molecule is CC(C(=O)Nc1cccc(S(=O)(=O)N(C)C)c1)N(C)Cc1ccccc1F. The monoisotopic (exact) mass is 393 g/mol. The summed E-state index contributed by atoms with van der Waals surface area (Å²) in [6.07, 6.45) is 0. The zero-order valence-corrected chi connectivity index (χ0v) is 16.6. The number of hydrogen-bond acceptors (Lipinski definition) is 4. The fourth-order valence-electron chi connectivity index (χ4n) is 2.42. The molecule has 0 aromatic heterocycles. The lowest BCUT2D eigenvalue weighted by atomic mass is 10.1. The number of likely N-dealkylation sites (N-methyl/N-ethyl adjacent to an activating group) is 1. The molecule has 0 bridgehead atoms. The van der Waals surface area contributed by atoms with Gasteiger partial charge in [0.05, 0.1) is 10.9 Å². The Balaban J connectivity index is 2.09. The van der Waals surface area contributed by atoms with Crippen LogP contribution in [0.25, 0.3) is 0 Å². The van der Waals surface area contributed by atoms with Crippen LogP contribution in [0.2, 0.25) is 0 Å². The third kappa shape index (κ3) is 5.12. The summed E-state index contributed by atoms with van der Waals surface area (Å²) in [7, 11) is 1.03. The maximum absolute atomic E-state index is 13.8. The van der Waals surface area contributed by atoms with Gasteiger partial charge in [-0.15, -0.1) is 0 Å². The number of benzene rings is 2. The minimum Gasteiger partial charge on any atom is -0.325 e. The minimum absolute atomic E-state index is 0.0951. The molecule has 1 unspecified atom stereocenters. The third-order valence-corrected chi connectivity index (χ3v) is 6.11. The summed E-state index contributed by atoms with van der Waals surface area (Å²) in [6, 6.07) is 11.9. The first-order valence-corrected chi connectivity index (χ1v) is 9.84. The molecule has 0 saturated heterocycles. The Bertz CT molecular complexity index is 916. The van der Waals surface area contributed by atoms with Crippen LogP contribution < -0.4 is 5.32 Å². The van der Waals surface area contributed by atoms with E-state index in [-0.39, 0.29) is 23.2 Å². The lowest BCUT2D eigenvalue weighted by Gasteiger charge is -2.24. The summed E-state index contributed by atoms with van der Waals surface area (Å²) in [5.74, 6) is -0.633. The van der Waals surface area contributed by atoms with Crippen LogP contribution in [0.1, 0.15) is 12.5 Å². The van der Waals surface area contributed by atoms with Gasteiger partial charge in [-0.25, -0.2) is 17.1 Å². The molecule has 1 atom stereocenters. The van der Waals surface area contributed by atoms with Gasteiger partial charge in [0.2, 0.25) is 15.9 Å². The quantitative estimate of drug-likeness (QED) is 0.785. The summed E-state index contributed by atoms with van der Waals surface area (Å²) < 4.78 is 39.3. The number of carbonyl (C=O) groups is 1. The van der Waals surface area contributed by atoms with E-state index in [1.165, 1.54) is 32.3 Å². The van der Waals surface area contributed by atoms with E-state index in [0.29, 0.717) is 11.3 Å². The Kier molecular flexibility index (Phi) is 6.69. The minimum atomic E-state index is -3.59. The largest absolute Gasteiger partial charge is 0.325 e. The zero-order valence-electron chi connectivity index (χ0n) is 15.8. The fourth-order valence-corrected chi connectivity index (χ4v) is 3.37. The molecule has 0 radical (unpaired) electrons. The van der Waals surface area contributed by atoms with E-state index in [9.17, 15) is 17.6 Å². The topological polar surface area (TPSA) is 69.7 Å². The van der Waals surface area contributed by atoms with Crippen LogP contribution in [-0.4, -0.2) is 50.7 Å². The Morgan fingerprint density at radius 2 is 1.78 bits per heavy atom. The van der Waals surface area contributed by atoms with Gasteiger partial charge < -0.3 is 5.32 Å². The van der Waals surface area contributed by atoms with Gasteiger partial charge in [-0.1, -0.05) is 24.3 Å². The Morgan fingerprint density at radius 3 is 2.41 bits per heavy atom. The van der Waals surface area contributed by atoms with Crippen molar-refractivity contribution in [2.45, 2.75) is 24.4 Å². The maximum atomic E-state index is 13.8. The van der Waals surface area contributed by atoms with E-state index in [1.54, 1.807) is 49.2 Å². The lowest BCUT2D eigenvalue weighted by Crippen LogP contribution is -2.39. The number of sulfonamides is 1. The Morgan fingerprint density at radius 1 is 1.11 bits per heavy atom. The smallest absolute Gasteiger partial charge is 0.242 e. The van der Waals surface area contributed by atoms with Gasteiger partial charge in [0.1, 0.15) is 5.82 Å². The van der Waals surface area contributed by atoms with E-state index >= 15 is 0 Å². The standard InChI is InChI=1S/C19H24FN3O3S/c1-14(23(4)13-15-8-5-6-11-18(15)20)19(24)21-16-9-7-10-17(12-16)27(25,26)22(2)3/h5-12,14H,13H2,1-4H3,(H,21,24). The number of hydrogen-bond donors (Lipinski definition) is 1. The second-order valence-corrected chi connectivity index (χ2v) is 8.64. The molecule has 0 aliphatic carbocycles. The highest BCUT2D eigenvalue weighted by Gasteiger charge is 2.21. The molecule has 0 saturated carbocycles. The predicted molar refractivity (Wildman–Crippen MR) is 103 cm³/mol. The second kappa shape index (κ2) is 8.60. The van der Waals surface area contributed by atoms with Gasteiger partial charge in [-0.3, -0.25) is 9.69 Å². The fraction of sp³-hybridized carbons (Fsp3) is 0.316. The first-order valence-electron chi connectivity index (χ1n) is 8.40. The first kappa shape index (κ1) is 21.0. The van der Waals surface area contributed by atoms with Crippen molar-refractivity contribution in [2.24, 2.45) is 0 Å². The average Bonchev–Trinajstić information content (AvgIpc) is 2.63.